The van der Waals surface area contributed by atoms with E-state index in [0.29, 0.717) is 16.7 Å². The van der Waals surface area contributed by atoms with Crippen LogP contribution in [0.15, 0.2) is 53.3 Å². The molecule has 0 spiro atoms. The van der Waals surface area contributed by atoms with E-state index in [9.17, 15) is 0 Å². The van der Waals surface area contributed by atoms with Crippen molar-refractivity contribution in [3.63, 3.8) is 0 Å². The van der Waals surface area contributed by atoms with Crippen molar-refractivity contribution < 1.29 is 4.52 Å². The average molecular weight is 297 g/mol. The van der Waals surface area contributed by atoms with Crippen LogP contribution in [0.5, 0.6) is 0 Å². The number of benzene rings is 2. The molecule has 0 aliphatic rings. The first-order valence-corrected chi connectivity index (χ1v) is 6.70. The maximum Gasteiger partial charge on any atom is 0.258 e. The van der Waals surface area contributed by atoms with E-state index < -0.39 is 0 Å². The number of rotatable bonds is 2. The molecule has 0 saturated heterocycles. The van der Waals surface area contributed by atoms with E-state index in [-0.39, 0.29) is 0 Å². The molecule has 0 amide bonds. The molecule has 2 heterocycles. The number of halogens is 1. The largest absolute Gasteiger partial charge is 0.345 e. The van der Waals surface area contributed by atoms with Crippen LogP contribution in [0.1, 0.15) is 0 Å². The Morgan fingerprint density at radius 1 is 1.05 bits per heavy atom. The lowest BCUT2D eigenvalue weighted by molar-refractivity contribution is 0.432. The molecule has 4 rings (SSSR count). The highest BCUT2D eigenvalue weighted by Crippen LogP contribution is 2.25. The van der Waals surface area contributed by atoms with Gasteiger partial charge in [0.1, 0.15) is 0 Å². The number of nitrogens with one attached hydrogen (secondary N) is 1. The maximum atomic E-state index is 5.97. The van der Waals surface area contributed by atoms with Crippen LogP contribution in [0.3, 0.4) is 0 Å². The molecular formula is C15H9ClN4O. The molecule has 6 heteroatoms. The Hall–Kier alpha value is -2.66. The summed E-state index contributed by atoms with van der Waals surface area (Å²) in [5.74, 6) is 0.971. The highest BCUT2D eigenvalue weighted by molar-refractivity contribution is 6.30. The van der Waals surface area contributed by atoms with Gasteiger partial charge in [-0.3, -0.25) is 0 Å². The minimum Gasteiger partial charge on any atom is -0.345 e. The molecule has 2 aromatic heterocycles. The summed E-state index contributed by atoms with van der Waals surface area (Å²) in [6.07, 6.45) is 1.65. The summed E-state index contributed by atoms with van der Waals surface area (Å²) in [4.78, 5) is 11.7. The van der Waals surface area contributed by atoms with Crippen LogP contribution < -0.4 is 0 Å². The van der Waals surface area contributed by atoms with Gasteiger partial charge in [0.25, 0.3) is 5.89 Å². The third-order valence-corrected chi connectivity index (χ3v) is 3.41. The first-order valence-electron chi connectivity index (χ1n) is 6.33. The Kier molecular flexibility index (Phi) is 2.72. The minimum absolute atomic E-state index is 0.442. The standard InChI is InChI=1S/C15H9ClN4O/c16-11-3-1-2-10(6-11)15-19-14(20-21-15)9-4-5-12-13(7-9)18-8-17-12/h1-8H,(H,17,18). The van der Waals surface area contributed by atoms with E-state index >= 15 is 0 Å². The number of H-pyrrole nitrogens is 1. The quantitative estimate of drug-likeness (QED) is 0.608. The summed E-state index contributed by atoms with van der Waals surface area (Å²) in [5, 5.41) is 4.65. The summed E-state index contributed by atoms with van der Waals surface area (Å²) < 4.78 is 5.31. The molecule has 0 saturated carbocycles. The second-order valence-corrected chi connectivity index (χ2v) is 5.00. The molecule has 0 bridgehead atoms. The monoisotopic (exact) mass is 296 g/mol. The number of hydrogen-bond acceptors (Lipinski definition) is 4. The molecule has 0 atom stereocenters. The molecule has 102 valence electrons. The number of imidazole rings is 1. The lowest BCUT2D eigenvalue weighted by Gasteiger charge is -1.95. The lowest BCUT2D eigenvalue weighted by atomic mass is 10.2. The minimum atomic E-state index is 0.442. The van der Waals surface area contributed by atoms with Crippen LogP contribution in [0.4, 0.5) is 0 Å². The van der Waals surface area contributed by atoms with Crippen LogP contribution in [-0.2, 0) is 0 Å². The Labute approximate surface area is 124 Å². The summed E-state index contributed by atoms with van der Waals surface area (Å²) >= 11 is 5.97. The van der Waals surface area contributed by atoms with Crippen LogP contribution in [0.25, 0.3) is 33.9 Å². The SMILES string of the molecule is Clc1cccc(-c2nc(-c3ccc4nc[nH]c4c3)no2)c1. The topological polar surface area (TPSA) is 67.6 Å². The van der Waals surface area contributed by atoms with Gasteiger partial charge in [0.15, 0.2) is 0 Å². The molecule has 0 aliphatic carbocycles. The van der Waals surface area contributed by atoms with E-state index in [0.717, 1.165) is 22.2 Å². The molecule has 21 heavy (non-hydrogen) atoms. The summed E-state index contributed by atoms with van der Waals surface area (Å²) in [6, 6.07) is 13.1. The number of aromatic amines is 1. The van der Waals surface area contributed by atoms with Crippen molar-refractivity contribution in [2.75, 3.05) is 0 Å². The average Bonchev–Trinajstić information content (AvgIpc) is 3.15. The molecule has 0 fully saturated rings. The predicted octanol–water partition coefficient (Wildman–Crippen LogP) is 3.93. The summed E-state index contributed by atoms with van der Waals surface area (Å²) in [7, 11) is 0. The fourth-order valence-electron chi connectivity index (χ4n) is 2.15. The number of nitrogens with zero attached hydrogens (tertiary/aromatic N) is 3. The Bertz CT molecular complexity index is 928. The molecule has 0 aliphatic heterocycles. The zero-order valence-corrected chi connectivity index (χ0v) is 11.5. The van der Waals surface area contributed by atoms with Crippen molar-refractivity contribution in [2.45, 2.75) is 0 Å². The molecule has 0 radical (unpaired) electrons. The maximum absolute atomic E-state index is 5.97. The van der Waals surface area contributed by atoms with Gasteiger partial charge in [0, 0.05) is 16.1 Å². The Morgan fingerprint density at radius 3 is 2.90 bits per heavy atom. The predicted molar refractivity (Wildman–Crippen MR) is 79.8 cm³/mol. The van der Waals surface area contributed by atoms with E-state index in [2.05, 4.69) is 20.1 Å². The van der Waals surface area contributed by atoms with Gasteiger partial charge in [-0.2, -0.15) is 4.98 Å². The van der Waals surface area contributed by atoms with Gasteiger partial charge in [0.05, 0.1) is 17.4 Å². The van der Waals surface area contributed by atoms with Crippen molar-refractivity contribution in [2.24, 2.45) is 0 Å². The van der Waals surface area contributed by atoms with Gasteiger partial charge in [-0.05, 0) is 36.4 Å². The van der Waals surface area contributed by atoms with Crippen molar-refractivity contribution in [1.82, 2.24) is 20.1 Å². The van der Waals surface area contributed by atoms with E-state index in [1.807, 2.05) is 30.3 Å². The normalized spacial score (nSPS) is 11.1. The highest BCUT2D eigenvalue weighted by Gasteiger charge is 2.11. The molecule has 1 N–H and O–H groups in total. The zero-order valence-electron chi connectivity index (χ0n) is 10.7. The summed E-state index contributed by atoms with van der Waals surface area (Å²) in [6.45, 7) is 0. The van der Waals surface area contributed by atoms with Crippen LogP contribution in [0, 0.1) is 0 Å². The van der Waals surface area contributed by atoms with Gasteiger partial charge < -0.3 is 9.51 Å². The summed E-state index contributed by atoms with van der Waals surface area (Å²) in [5.41, 5.74) is 3.49. The van der Waals surface area contributed by atoms with Crippen LogP contribution >= 0.6 is 11.6 Å². The number of aromatic nitrogens is 4. The van der Waals surface area contributed by atoms with E-state index in [4.69, 9.17) is 16.1 Å². The van der Waals surface area contributed by atoms with Gasteiger partial charge in [-0.25, -0.2) is 4.98 Å². The smallest absolute Gasteiger partial charge is 0.258 e. The van der Waals surface area contributed by atoms with E-state index in [1.165, 1.54) is 0 Å². The van der Waals surface area contributed by atoms with Crippen molar-refractivity contribution in [3.05, 3.63) is 53.8 Å². The molecule has 5 nitrogen and oxygen atoms in total. The van der Waals surface area contributed by atoms with Crippen LogP contribution in [-0.4, -0.2) is 20.1 Å². The third kappa shape index (κ3) is 2.17. The van der Waals surface area contributed by atoms with Gasteiger partial charge in [0.2, 0.25) is 5.82 Å². The fraction of sp³-hybridized carbons (Fsp3) is 0. The zero-order chi connectivity index (χ0) is 14.2. The molecule has 2 aromatic carbocycles. The lowest BCUT2D eigenvalue weighted by Crippen LogP contribution is -1.82. The molecule has 4 aromatic rings. The Balaban J connectivity index is 1.76. The van der Waals surface area contributed by atoms with Crippen molar-refractivity contribution in [3.8, 4) is 22.8 Å². The number of fused-ring (bicyclic) bond motifs is 1. The second kappa shape index (κ2) is 4.71. The first-order chi connectivity index (χ1) is 10.3. The first kappa shape index (κ1) is 12.1. The Morgan fingerprint density at radius 2 is 2.00 bits per heavy atom. The van der Waals surface area contributed by atoms with Crippen LogP contribution in [0.2, 0.25) is 5.02 Å². The highest BCUT2D eigenvalue weighted by atomic mass is 35.5. The third-order valence-electron chi connectivity index (χ3n) is 3.18. The molecular weight excluding hydrogens is 288 g/mol. The fourth-order valence-corrected chi connectivity index (χ4v) is 2.34. The van der Waals surface area contributed by atoms with Gasteiger partial charge >= 0.3 is 0 Å². The van der Waals surface area contributed by atoms with E-state index in [1.54, 1.807) is 18.5 Å². The van der Waals surface area contributed by atoms with Gasteiger partial charge in [-0.1, -0.05) is 22.8 Å². The number of hydrogen-bond donors (Lipinski definition) is 1. The molecule has 0 unspecified atom stereocenters. The second-order valence-electron chi connectivity index (χ2n) is 4.57. The van der Waals surface area contributed by atoms with Crippen molar-refractivity contribution >= 4 is 22.6 Å². The van der Waals surface area contributed by atoms with Gasteiger partial charge in [-0.15, -0.1) is 0 Å². The van der Waals surface area contributed by atoms with Crippen molar-refractivity contribution in [1.29, 1.82) is 0 Å².